The van der Waals surface area contributed by atoms with Gasteiger partial charge in [-0.3, -0.25) is 4.79 Å². The molecular formula is C15H18O7. The zero-order valence-corrected chi connectivity index (χ0v) is 12.3. The van der Waals surface area contributed by atoms with E-state index >= 15 is 0 Å². The van der Waals surface area contributed by atoms with Crippen molar-refractivity contribution < 1.29 is 34.0 Å². The monoisotopic (exact) mass is 310 g/mol. The normalized spacial score (nSPS) is 41.1. The molecule has 0 radical (unpaired) electrons. The maximum Gasteiger partial charge on any atom is 0.337 e. The minimum absolute atomic E-state index is 0.128. The summed E-state index contributed by atoms with van der Waals surface area (Å²) in [5.74, 6) is -2.75. The Labute approximate surface area is 127 Å². The Kier molecular flexibility index (Phi) is 3.58. The minimum atomic E-state index is -1.26. The van der Waals surface area contributed by atoms with E-state index in [-0.39, 0.29) is 24.0 Å². The van der Waals surface area contributed by atoms with Crippen LogP contribution in [-0.2, 0) is 23.8 Å². The summed E-state index contributed by atoms with van der Waals surface area (Å²) in [6, 6.07) is 0. The highest BCUT2D eigenvalue weighted by atomic mass is 16.6. The summed E-state index contributed by atoms with van der Waals surface area (Å²) in [6.07, 6.45) is 2.81. The molecule has 2 heterocycles. The van der Waals surface area contributed by atoms with Crippen LogP contribution in [0.4, 0.5) is 0 Å². The van der Waals surface area contributed by atoms with Gasteiger partial charge in [0.1, 0.15) is 5.92 Å². The zero-order valence-electron chi connectivity index (χ0n) is 12.3. The van der Waals surface area contributed by atoms with Crippen molar-refractivity contribution in [1.82, 2.24) is 0 Å². The summed E-state index contributed by atoms with van der Waals surface area (Å²) in [5, 5.41) is 19.6. The van der Waals surface area contributed by atoms with Gasteiger partial charge in [0.25, 0.3) is 0 Å². The second-order valence-electron chi connectivity index (χ2n) is 5.83. The largest absolute Gasteiger partial charge is 0.469 e. The Morgan fingerprint density at radius 3 is 2.86 bits per heavy atom. The van der Waals surface area contributed by atoms with Gasteiger partial charge < -0.3 is 24.4 Å². The van der Waals surface area contributed by atoms with Gasteiger partial charge in [0.2, 0.25) is 0 Å². The van der Waals surface area contributed by atoms with Crippen LogP contribution in [0.5, 0.6) is 0 Å². The van der Waals surface area contributed by atoms with Crippen molar-refractivity contribution in [2.24, 2.45) is 17.8 Å². The van der Waals surface area contributed by atoms with Crippen molar-refractivity contribution in [2.75, 3.05) is 13.7 Å². The van der Waals surface area contributed by atoms with E-state index in [0.29, 0.717) is 0 Å². The molecule has 1 aliphatic carbocycles. The van der Waals surface area contributed by atoms with Gasteiger partial charge in [-0.25, -0.2) is 4.79 Å². The van der Waals surface area contributed by atoms with E-state index in [1.54, 1.807) is 18.2 Å². The molecule has 0 aromatic heterocycles. The fourth-order valence-corrected chi connectivity index (χ4v) is 3.44. The molecule has 0 unspecified atom stereocenters. The van der Waals surface area contributed by atoms with Crippen LogP contribution in [-0.4, -0.2) is 53.9 Å². The van der Waals surface area contributed by atoms with E-state index in [1.807, 2.05) is 0 Å². The fourth-order valence-electron chi connectivity index (χ4n) is 3.44. The topological polar surface area (TPSA) is 102 Å². The molecule has 3 aliphatic rings. The summed E-state index contributed by atoms with van der Waals surface area (Å²) in [4.78, 5) is 23.8. The summed E-state index contributed by atoms with van der Waals surface area (Å²) in [7, 11) is 1.24. The number of fused-ring (bicyclic) bond motifs is 2. The molecule has 120 valence electrons. The molecule has 3 rings (SSSR count). The number of aliphatic hydroxyl groups is 2. The number of aliphatic hydroxyl groups excluding tert-OH is 2. The average molecular weight is 310 g/mol. The highest BCUT2D eigenvalue weighted by molar-refractivity contribution is 5.93. The molecule has 2 aliphatic heterocycles. The van der Waals surface area contributed by atoms with Crippen molar-refractivity contribution in [3.63, 3.8) is 0 Å². The Bertz CT molecular complexity index is 564. The summed E-state index contributed by atoms with van der Waals surface area (Å²) in [6.45, 7) is 1.61. The molecule has 22 heavy (non-hydrogen) atoms. The lowest BCUT2D eigenvalue weighted by atomic mass is 9.76. The van der Waals surface area contributed by atoms with Crippen LogP contribution in [0.1, 0.15) is 6.92 Å². The predicted molar refractivity (Wildman–Crippen MR) is 72.2 cm³/mol. The Morgan fingerprint density at radius 2 is 2.27 bits per heavy atom. The van der Waals surface area contributed by atoms with E-state index in [4.69, 9.17) is 14.2 Å². The van der Waals surface area contributed by atoms with Crippen molar-refractivity contribution in [3.8, 4) is 0 Å². The van der Waals surface area contributed by atoms with Gasteiger partial charge in [-0.05, 0) is 19.1 Å². The van der Waals surface area contributed by atoms with Crippen LogP contribution in [0.3, 0.4) is 0 Å². The van der Waals surface area contributed by atoms with Gasteiger partial charge in [0.05, 0.1) is 25.4 Å². The van der Waals surface area contributed by atoms with Crippen LogP contribution in [0, 0.1) is 17.8 Å². The zero-order chi connectivity index (χ0) is 16.1. The van der Waals surface area contributed by atoms with Gasteiger partial charge >= 0.3 is 11.9 Å². The molecule has 1 saturated heterocycles. The molecule has 0 amide bonds. The van der Waals surface area contributed by atoms with Crippen LogP contribution < -0.4 is 0 Å². The maximum absolute atomic E-state index is 11.9. The molecule has 6 atom stereocenters. The van der Waals surface area contributed by atoms with E-state index in [2.05, 4.69) is 0 Å². The van der Waals surface area contributed by atoms with Crippen molar-refractivity contribution >= 4 is 11.9 Å². The molecule has 7 nitrogen and oxygen atoms in total. The quantitative estimate of drug-likeness (QED) is 0.525. The van der Waals surface area contributed by atoms with Crippen molar-refractivity contribution in [1.29, 1.82) is 0 Å². The SMILES string of the molecule is COC(=O)[C@@H]1[C@H]2C=C[C@@]3(C=C([C@H](C)O)C(=O)O3)[C@H]2CO[C@H]1O. The molecule has 1 spiro atoms. The van der Waals surface area contributed by atoms with E-state index in [1.165, 1.54) is 14.0 Å². The number of ether oxygens (including phenoxy) is 3. The van der Waals surface area contributed by atoms with Crippen LogP contribution >= 0.6 is 0 Å². The lowest BCUT2D eigenvalue weighted by molar-refractivity contribution is -0.214. The number of carbonyl (C=O) groups is 2. The number of allylic oxidation sites excluding steroid dienone is 1. The first-order valence-electron chi connectivity index (χ1n) is 7.10. The first kappa shape index (κ1) is 15.2. The van der Waals surface area contributed by atoms with Gasteiger partial charge in [-0.15, -0.1) is 0 Å². The molecule has 0 aromatic carbocycles. The third kappa shape index (κ3) is 2.08. The number of hydrogen-bond acceptors (Lipinski definition) is 7. The highest BCUT2D eigenvalue weighted by Gasteiger charge is 2.57. The van der Waals surface area contributed by atoms with Crippen molar-refractivity contribution in [2.45, 2.75) is 24.9 Å². The van der Waals surface area contributed by atoms with Crippen LogP contribution in [0.2, 0.25) is 0 Å². The molecule has 2 N–H and O–H groups in total. The molecular weight excluding hydrogens is 292 g/mol. The molecule has 0 bridgehead atoms. The molecule has 0 saturated carbocycles. The first-order chi connectivity index (χ1) is 10.4. The number of hydrogen-bond donors (Lipinski definition) is 2. The fraction of sp³-hybridized carbons (Fsp3) is 0.600. The predicted octanol–water partition coefficient (Wildman–Crippen LogP) is -0.471. The maximum atomic E-state index is 11.9. The van der Waals surface area contributed by atoms with E-state index < -0.39 is 35.9 Å². The Hall–Kier alpha value is -1.70. The number of rotatable bonds is 2. The average Bonchev–Trinajstić information content (AvgIpc) is 2.99. The second kappa shape index (κ2) is 5.19. The third-order valence-corrected chi connectivity index (χ3v) is 4.60. The van der Waals surface area contributed by atoms with Gasteiger partial charge in [0, 0.05) is 11.8 Å². The molecule has 0 aromatic rings. The molecule has 7 heteroatoms. The van der Waals surface area contributed by atoms with Gasteiger partial charge in [-0.2, -0.15) is 0 Å². The lowest BCUT2D eigenvalue weighted by Crippen LogP contribution is -2.50. The first-order valence-corrected chi connectivity index (χ1v) is 7.10. The number of carbonyl (C=O) groups excluding carboxylic acids is 2. The van der Waals surface area contributed by atoms with Gasteiger partial charge in [0.15, 0.2) is 11.9 Å². The van der Waals surface area contributed by atoms with E-state index in [9.17, 15) is 19.8 Å². The van der Waals surface area contributed by atoms with Crippen LogP contribution in [0.15, 0.2) is 23.8 Å². The number of esters is 2. The Morgan fingerprint density at radius 1 is 1.55 bits per heavy atom. The highest BCUT2D eigenvalue weighted by Crippen LogP contribution is 2.49. The summed E-state index contributed by atoms with van der Waals surface area (Å²) in [5.41, 5.74) is -0.855. The van der Waals surface area contributed by atoms with E-state index in [0.717, 1.165) is 0 Å². The lowest BCUT2D eigenvalue weighted by Gasteiger charge is -2.40. The van der Waals surface area contributed by atoms with Gasteiger partial charge in [-0.1, -0.05) is 6.08 Å². The summed E-state index contributed by atoms with van der Waals surface area (Å²) >= 11 is 0. The third-order valence-electron chi connectivity index (χ3n) is 4.60. The minimum Gasteiger partial charge on any atom is -0.469 e. The summed E-state index contributed by atoms with van der Waals surface area (Å²) < 4.78 is 15.5. The van der Waals surface area contributed by atoms with Crippen LogP contribution in [0.25, 0.3) is 0 Å². The molecule has 1 fully saturated rings. The Balaban J connectivity index is 1.93. The standard InChI is InChI=1S/C15H18O7/c1-7(16)9-5-15(22-12(9)17)4-3-8-10(15)6-21-14(19)11(8)13(18)20-2/h3-5,7-8,10-11,14,16,19H,6H2,1-2H3/t7-,8-,10-,11-,14+,15+/m0/s1. The van der Waals surface area contributed by atoms with Crippen molar-refractivity contribution in [3.05, 3.63) is 23.8 Å². The number of methoxy groups -OCH3 is 1. The smallest absolute Gasteiger partial charge is 0.337 e. The second-order valence-corrected chi connectivity index (χ2v) is 5.83.